The third-order valence-corrected chi connectivity index (χ3v) is 21.2. The van der Waals surface area contributed by atoms with Gasteiger partial charge in [0.1, 0.15) is 85.5 Å². The second-order valence-corrected chi connectivity index (χ2v) is 25.6. The number of rotatable bonds is 11. The van der Waals surface area contributed by atoms with Crippen LogP contribution in [0.1, 0.15) is 113 Å². The number of hydrogen-bond acceptors (Lipinski definition) is 22. The van der Waals surface area contributed by atoms with E-state index in [-0.39, 0.29) is 52.6 Å². The van der Waals surface area contributed by atoms with Crippen molar-refractivity contribution in [3.8, 4) is 0 Å². The molecule has 0 aromatic rings. The highest BCUT2D eigenvalue weighted by molar-refractivity contribution is 5.79. The molecule has 4 aliphatic heterocycles. The Hall–Kier alpha value is -1.59. The monoisotopic (exact) mass is 1070 g/mol. The molecule has 13 N–H and O–H groups in total. The average Bonchev–Trinajstić information content (AvgIpc) is 3.37. The molecule has 22 heteroatoms. The number of aliphatic hydroxyl groups excluding tert-OH is 13. The molecule has 5 aliphatic carbocycles. The first-order valence-corrected chi connectivity index (χ1v) is 27.3. The highest BCUT2D eigenvalue weighted by Gasteiger charge is 2.71. The first kappa shape index (κ1) is 58.1. The van der Waals surface area contributed by atoms with E-state index in [0.717, 1.165) is 38.5 Å². The second-order valence-electron chi connectivity index (χ2n) is 25.6. The fourth-order valence-electron chi connectivity index (χ4n) is 16.2. The van der Waals surface area contributed by atoms with Crippen molar-refractivity contribution in [3.63, 3.8) is 0 Å². The summed E-state index contributed by atoms with van der Waals surface area (Å²) in [4.78, 5) is 14.7. The van der Waals surface area contributed by atoms with Crippen molar-refractivity contribution in [1.82, 2.24) is 0 Å². The number of aliphatic hydroxyl groups is 13. The Balaban J connectivity index is 0.879. The lowest BCUT2D eigenvalue weighted by Crippen LogP contribution is -2.67. The molecule has 75 heavy (non-hydrogen) atoms. The van der Waals surface area contributed by atoms with Crippen molar-refractivity contribution in [3.05, 3.63) is 11.6 Å². The van der Waals surface area contributed by atoms with Crippen LogP contribution in [0, 0.1) is 50.2 Å². The summed E-state index contributed by atoms with van der Waals surface area (Å²) in [5.74, 6) is -0.546. The number of fused-ring (bicyclic) bond motifs is 7. The molecule has 0 amide bonds. The first-order chi connectivity index (χ1) is 35.2. The maximum atomic E-state index is 14.7. The number of carbonyl (C=O) groups is 1. The van der Waals surface area contributed by atoms with E-state index < -0.39 is 153 Å². The van der Waals surface area contributed by atoms with E-state index in [0.29, 0.717) is 25.7 Å². The minimum Gasteiger partial charge on any atom is -0.432 e. The standard InChI is InChI=1S/C53H86O22/c1-23-32(57)42(74-44-39(64)36(61)33(58)26(19-54)70-44)41(66)46(69-23)72-28-21-68-43(38(63)35(28)60)73-31-11-12-49(4)29(50(31,5)22-56)10-13-52(7)30(49)9-8-24-25-18-48(2,3)14-16-53(25,17-15-51(24,52)6)47(67)75-45-40(65)37(62)34(59)27(20-55)71-45/h8,23,25-46,54-66H,9-22H2,1-7H3/t23-,25-,26+,27+,28+,29+,30+,31-,32-,33+,34+,35-,36-,37-,38+,39+,40+,41+,42+,43-,44-,45-,46-,49-,50-,51+,52+,53-/m0/s1. The maximum Gasteiger partial charge on any atom is 0.315 e. The SMILES string of the molecule is C[C@@H]1O[C@@H](O[C@@H]2CO[C@@H](O[C@H]3CC[C@@]4(C)[C@@H](CC[C@]5(C)[C@@H]4CC=C4[C@@H]6CC(C)(C)CC[C@]6(C(=O)O[C@@H]6O[C@H](CO)[C@@H](O)[C@H](O)[C@H]6O)CC[C@]45C)[C@]3(C)CO)[C@H](O)[C@H]2O)[C@H](O)[C@H](O[C@@H]2O[C@H](CO)[C@@H](O)[C@H](O)[C@H]2O)[C@H]1O. The highest BCUT2D eigenvalue weighted by Crippen LogP contribution is 2.76. The summed E-state index contributed by atoms with van der Waals surface area (Å²) in [7, 11) is 0. The van der Waals surface area contributed by atoms with E-state index in [4.69, 9.17) is 37.9 Å². The Bertz CT molecular complexity index is 2060. The number of ether oxygens (including phenoxy) is 8. The summed E-state index contributed by atoms with van der Waals surface area (Å²) in [5.41, 5.74) is -1.39. The van der Waals surface area contributed by atoms with E-state index in [9.17, 15) is 71.2 Å². The van der Waals surface area contributed by atoms with Crippen LogP contribution in [0.25, 0.3) is 0 Å². The molecule has 430 valence electrons. The van der Waals surface area contributed by atoms with Gasteiger partial charge in [0.15, 0.2) is 18.9 Å². The molecule has 0 bridgehead atoms. The van der Waals surface area contributed by atoms with Crippen LogP contribution in [0.5, 0.6) is 0 Å². The van der Waals surface area contributed by atoms with Crippen molar-refractivity contribution in [2.45, 2.75) is 235 Å². The summed E-state index contributed by atoms with van der Waals surface area (Å²) in [5, 5.41) is 139. The summed E-state index contributed by atoms with van der Waals surface area (Å²) in [6, 6.07) is 0. The highest BCUT2D eigenvalue weighted by atomic mass is 16.8. The van der Waals surface area contributed by atoms with Crippen LogP contribution >= 0.6 is 0 Å². The van der Waals surface area contributed by atoms with Crippen LogP contribution in [0.2, 0.25) is 0 Å². The van der Waals surface area contributed by atoms with Crippen LogP contribution in [-0.2, 0) is 42.7 Å². The zero-order valence-corrected chi connectivity index (χ0v) is 44.2. The van der Waals surface area contributed by atoms with Crippen LogP contribution in [0.3, 0.4) is 0 Å². The Morgan fingerprint density at radius 2 is 1.21 bits per heavy atom. The fraction of sp³-hybridized carbons (Fsp3) is 0.943. The minimum absolute atomic E-state index is 0.0302. The lowest BCUT2D eigenvalue weighted by atomic mass is 9.33. The third kappa shape index (κ3) is 9.40. The lowest BCUT2D eigenvalue weighted by molar-refractivity contribution is -0.373. The van der Waals surface area contributed by atoms with E-state index in [1.54, 1.807) is 0 Å². The normalized spacial score (nSPS) is 54.8. The zero-order valence-electron chi connectivity index (χ0n) is 44.2. The van der Waals surface area contributed by atoms with Crippen molar-refractivity contribution in [2.24, 2.45) is 50.2 Å². The van der Waals surface area contributed by atoms with Crippen LogP contribution in [0.15, 0.2) is 11.6 Å². The van der Waals surface area contributed by atoms with Gasteiger partial charge < -0.3 is 104 Å². The molecule has 0 spiro atoms. The quantitative estimate of drug-likeness (QED) is 0.0643. The number of esters is 1. The van der Waals surface area contributed by atoms with Crippen LogP contribution in [0.4, 0.5) is 0 Å². The van der Waals surface area contributed by atoms with Gasteiger partial charge in [-0.2, -0.15) is 0 Å². The van der Waals surface area contributed by atoms with E-state index in [2.05, 4.69) is 40.7 Å². The molecule has 9 rings (SSSR count). The lowest BCUT2D eigenvalue weighted by Gasteiger charge is -2.71. The topological polar surface area (TPSA) is 354 Å². The van der Waals surface area contributed by atoms with Crippen molar-refractivity contribution in [2.75, 3.05) is 26.4 Å². The smallest absolute Gasteiger partial charge is 0.315 e. The fourth-order valence-corrected chi connectivity index (χ4v) is 16.2. The molecule has 9 aliphatic rings. The van der Waals surface area contributed by atoms with E-state index in [1.807, 2.05) is 6.92 Å². The molecule has 28 atom stereocenters. The largest absolute Gasteiger partial charge is 0.432 e. The maximum absolute atomic E-state index is 14.7. The number of allylic oxidation sites excluding steroid dienone is 2. The second kappa shape index (κ2) is 21.1. The molecule has 0 aromatic heterocycles. The molecule has 0 radical (unpaired) electrons. The Labute approximate surface area is 437 Å². The molecule has 0 aromatic carbocycles. The molecule has 4 heterocycles. The molecule has 4 saturated heterocycles. The Morgan fingerprint density at radius 3 is 1.85 bits per heavy atom. The van der Waals surface area contributed by atoms with Gasteiger partial charge in [-0.3, -0.25) is 4.79 Å². The van der Waals surface area contributed by atoms with Gasteiger partial charge in [0, 0.05) is 5.41 Å². The Morgan fingerprint density at radius 1 is 0.613 bits per heavy atom. The van der Waals surface area contributed by atoms with Crippen molar-refractivity contribution >= 4 is 5.97 Å². The predicted molar refractivity (Wildman–Crippen MR) is 257 cm³/mol. The van der Waals surface area contributed by atoms with Gasteiger partial charge in [0.2, 0.25) is 6.29 Å². The molecule has 22 nitrogen and oxygen atoms in total. The van der Waals surface area contributed by atoms with Gasteiger partial charge >= 0.3 is 5.97 Å². The molecule has 4 saturated carbocycles. The molecule has 8 fully saturated rings. The van der Waals surface area contributed by atoms with Gasteiger partial charge in [-0.15, -0.1) is 0 Å². The first-order valence-electron chi connectivity index (χ1n) is 27.3. The van der Waals surface area contributed by atoms with Gasteiger partial charge in [-0.25, -0.2) is 0 Å². The zero-order chi connectivity index (χ0) is 54.7. The van der Waals surface area contributed by atoms with Gasteiger partial charge in [-0.1, -0.05) is 53.2 Å². The van der Waals surface area contributed by atoms with Crippen LogP contribution < -0.4 is 0 Å². The minimum atomic E-state index is -1.82. The van der Waals surface area contributed by atoms with Crippen molar-refractivity contribution < 1.29 is 109 Å². The summed E-state index contributed by atoms with van der Waals surface area (Å²) < 4.78 is 47.2. The number of carbonyl (C=O) groups excluding carboxylic acids is 1. The van der Waals surface area contributed by atoms with Crippen LogP contribution in [-0.4, -0.2) is 222 Å². The third-order valence-electron chi connectivity index (χ3n) is 21.2. The van der Waals surface area contributed by atoms with Gasteiger partial charge in [0.05, 0.1) is 44.1 Å². The average molecular weight is 1080 g/mol. The molecular weight excluding hydrogens is 989 g/mol. The van der Waals surface area contributed by atoms with Gasteiger partial charge in [0.25, 0.3) is 0 Å². The summed E-state index contributed by atoms with van der Waals surface area (Å²) >= 11 is 0. The summed E-state index contributed by atoms with van der Waals surface area (Å²) in [6.45, 7) is 13.1. The van der Waals surface area contributed by atoms with Gasteiger partial charge in [-0.05, 0) is 111 Å². The van der Waals surface area contributed by atoms with E-state index in [1.165, 1.54) is 12.5 Å². The predicted octanol–water partition coefficient (Wildman–Crippen LogP) is -1.40. The molecule has 0 unspecified atom stereocenters. The van der Waals surface area contributed by atoms with E-state index >= 15 is 0 Å². The van der Waals surface area contributed by atoms with Crippen molar-refractivity contribution in [1.29, 1.82) is 0 Å². The number of hydrogen-bond donors (Lipinski definition) is 13. The Kier molecular flexibility index (Phi) is 16.3. The molecular formula is C53H86O22. The summed E-state index contributed by atoms with van der Waals surface area (Å²) in [6.07, 6.45) is -20.8.